The zero-order valence-corrected chi connectivity index (χ0v) is 39.4. The van der Waals surface area contributed by atoms with E-state index in [9.17, 15) is 14.4 Å². The number of fused-ring (bicyclic) bond motifs is 9. The van der Waals surface area contributed by atoms with E-state index in [1.807, 2.05) is 72.8 Å². The summed E-state index contributed by atoms with van der Waals surface area (Å²) in [6.45, 7) is 0. The van der Waals surface area contributed by atoms with E-state index in [0.29, 0.717) is 16.2 Å². The molecule has 0 aliphatic heterocycles. The molecule has 0 unspecified atom stereocenters. The van der Waals surface area contributed by atoms with Gasteiger partial charge in [-0.3, -0.25) is 44.6 Å². The van der Waals surface area contributed by atoms with Crippen molar-refractivity contribution in [1.82, 2.24) is 44.3 Å². The second-order valence-corrected chi connectivity index (χ2v) is 17.9. The van der Waals surface area contributed by atoms with Gasteiger partial charge in [-0.15, -0.1) is 0 Å². The largest absolute Gasteiger partial charge is 0.497 e. The Morgan fingerprint density at radius 2 is 0.638 bits per heavy atom. The van der Waals surface area contributed by atoms with Crippen molar-refractivity contribution >= 4 is 32.7 Å². The summed E-state index contributed by atoms with van der Waals surface area (Å²) < 4.78 is 20.3. The molecule has 12 rings (SSSR count). The van der Waals surface area contributed by atoms with Gasteiger partial charge in [0.1, 0.15) is 17.2 Å². The minimum Gasteiger partial charge on any atom is -0.497 e. The summed E-state index contributed by atoms with van der Waals surface area (Å²) in [7, 11) is 4.89. The Kier molecular flexibility index (Phi) is 13.0. The molecule has 69 heavy (non-hydrogen) atoms. The van der Waals surface area contributed by atoms with Gasteiger partial charge in [0.25, 0.3) is 16.7 Å². The fourth-order valence-electron chi connectivity index (χ4n) is 10.0. The Morgan fingerprint density at radius 3 is 0.899 bits per heavy atom. The number of H-pyrrole nitrogens is 3. The molecule has 0 radical (unpaired) electrons. The molecule has 0 amide bonds. The lowest BCUT2D eigenvalue weighted by Gasteiger charge is -2.05. The number of benzene rings is 3. The summed E-state index contributed by atoms with van der Waals surface area (Å²) in [6.07, 6.45) is 21.8. The lowest BCUT2D eigenvalue weighted by molar-refractivity contribution is 0.414. The Labute approximate surface area is 398 Å². The molecule has 0 saturated heterocycles. The van der Waals surface area contributed by atoms with Crippen LogP contribution in [0, 0.1) is 0 Å². The van der Waals surface area contributed by atoms with Crippen molar-refractivity contribution in [3.05, 3.63) is 156 Å². The molecule has 15 heteroatoms. The van der Waals surface area contributed by atoms with Gasteiger partial charge in [-0.25, -0.2) is 14.0 Å². The van der Waals surface area contributed by atoms with Gasteiger partial charge in [-0.05, 0) is 167 Å². The molecule has 6 heterocycles. The summed E-state index contributed by atoms with van der Waals surface area (Å²) in [5.74, 6) is 2.32. The highest BCUT2D eigenvalue weighted by Gasteiger charge is 2.21. The van der Waals surface area contributed by atoms with Crippen molar-refractivity contribution in [1.29, 1.82) is 0 Å². The van der Waals surface area contributed by atoms with E-state index in [2.05, 4.69) is 30.2 Å². The lowest BCUT2D eigenvalue weighted by atomic mass is 10.1. The molecule has 3 aliphatic rings. The molecule has 3 aromatic carbocycles. The standard InChI is InChI=1S/3C18H19N3O2/c3*1-23-13-9-7-12(8-10-13)21-18(22)15-11-19-16-6-4-2-3-5-14(16)17(15)20-21/h3*7-11,20H,2-6H2,1H3. The van der Waals surface area contributed by atoms with Crippen molar-refractivity contribution in [2.45, 2.75) is 96.3 Å². The van der Waals surface area contributed by atoms with Crippen LogP contribution in [0.1, 0.15) is 91.6 Å². The molecule has 6 aromatic heterocycles. The number of nitrogens with one attached hydrogen (secondary N) is 3. The van der Waals surface area contributed by atoms with Crippen LogP contribution in [-0.2, 0) is 38.5 Å². The first-order valence-electron chi connectivity index (χ1n) is 24.1. The van der Waals surface area contributed by atoms with E-state index >= 15 is 0 Å². The summed E-state index contributed by atoms with van der Waals surface area (Å²) in [5.41, 5.74) is 12.1. The van der Waals surface area contributed by atoms with Gasteiger partial charge in [0.15, 0.2) is 0 Å². The minimum atomic E-state index is -0.0512. The molecule has 0 atom stereocenters. The number of aryl methyl sites for hydroxylation is 6. The zero-order chi connectivity index (χ0) is 47.4. The van der Waals surface area contributed by atoms with Crippen LogP contribution in [0.15, 0.2) is 106 Å². The molecular formula is C54H57N9O6. The summed E-state index contributed by atoms with van der Waals surface area (Å²) in [5, 5.41) is 11.9. The van der Waals surface area contributed by atoms with E-state index < -0.39 is 0 Å². The van der Waals surface area contributed by atoms with Gasteiger partial charge in [0, 0.05) is 35.7 Å². The molecule has 15 nitrogen and oxygen atoms in total. The molecule has 0 fully saturated rings. The number of methoxy groups -OCH3 is 3. The van der Waals surface area contributed by atoms with Crippen LogP contribution >= 0.6 is 0 Å². The zero-order valence-electron chi connectivity index (χ0n) is 39.4. The fraction of sp³-hybridized carbons (Fsp3) is 0.333. The molecule has 3 N–H and O–H groups in total. The highest BCUT2D eigenvalue weighted by Crippen LogP contribution is 2.28. The fourth-order valence-corrected chi connectivity index (χ4v) is 10.0. The predicted octanol–water partition coefficient (Wildman–Crippen LogP) is 8.97. The van der Waals surface area contributed by atoms with Crippen molar-refractivity contribution in [3.8, 4) is 34.3 Å². The van der Waals surface area contributed by atoms with Gasteiger partial charge >= 0.3 is 0 Å². The van der Waals surface area contributed by atoms with Gasteiger partial charge in [0.2, 0.25) is 0 Å². The van der Waals surface area contributed by atoms with E-state index in [4.69, 9.17) is 14.2 Å². The van der Waals surface area contributed by atoms with E-state index in [0.717, 1.165) is 126 Å². The number of aromatic amines is 3. The third-order valence-corrected chi connectivity index (χ3v) is 13.8. The van der Waals surface area contributed by atoms with Crippen LogP contribution in [0.25, 0.3) is 49.8 Å². The number of rotatable bonds is 6. The highest BCUT2D eigenvalue weighted by molar-refractivity contribution is 5.83. The normalized spacial score (nSPS) is 14.5. The Balaban J connectivity index is 0.000000120. The SMILES string of the molecule is COc1ccc(-n2[nH]c3c4c(ncc3c2=O)CCCCC4)cc1.COc1ccc(-n2[nH]c3c4c(ncc3c2=O)CCCCC4)cc1.COc1ccc(-n2[nH]c3c4c(ncc3c2=O)CCCCC4)cc1. The van der Waals surface area contributed by atoms with Crippen molar-refractivity contribution in [3.63, 3.8) is 0 Å². The van der Waals surface area contributed by atoms with Gasteiger partial charge < -0.3 is 14.2 Å². The average molecular weight is 928 g/mol. The quantitative estimate of drug-likeness (QED) is 0.137. The maximum absolute atomic E-state index is 12.7. The topological polar surface area (TPSA) is 180 Å². The van der Waals surface area contributed by atoms with Crippen LogP contribution in [0.2, 0.25) is 0 Å². The predicted molar refractivity (Wildman–Crippen MR) is 269 cm³/mol. The maximum atomic E-state index is 12.7. The number of aromatic nitrogens is 9. The van der Waals surface area contributed by atoms with Crippen molar-refractivity contribution in [2.24, 2.45) is 0 Å². The minimum absolute atomic E-state index is 0.0512. The van der Waals surface area contributed by atoms with Gasteiger partial charge in [-0.2, -0.15) is 0 Å². The van der Waals surface area contributed by atoms with Crippen molar-refractivity contribution in [2.75, 3.05) is 21.3 Å². The molecule has 3 aliphatic carbocycles. The number of hydrogen-bond donors (Lipinski definition) is 3. The summed E-state index contributed by atoms with van der Waals surface area (Å²) >= 11 is 0. The first-order valence-corrected chi connectivity index (χ1v) is 24.1. The highest BCUT2D eigenvalue weighted by atomic mass is 16.5. The molecule has 354 valence electrons. The van der Waals surface area contributed by atoms with Crippen LogP contribution < -0.4 is 30.9 Å². The monoisotopic (exact) mass is 927 g/mol. The first kappa shape index (κ1) is 45.1. The van der Waals surface area contributed by atoms with Crippen LogP contribution in [0.5, 0.6) is 17.2 Å². The van der Waals surface area contributed by atoms with Gasteiger partial charge in [0.05, 0.1) is 71.1 Å². The average Bonchev–Trinajstić information content (AvgIpc) is 3.72. The van der Waals surface area contributed by atoms with E-state index in [-0.39, 0.29) is 16.7 Å². The second-order valence-electron chi connectivity index (χ2n) is 17.9. The lowest BCUT2D eigenvalue weighted by Crippen LogP contribution is -2.14. The summed E-state index contributed by atoms with van der Waals surface area (Å²) in [6, 6.07) is 22.4. The number of hydrogen-bond acceptors (Lipinski definition) is 9. The van der Waals surface area contributed by atoms with Crippen molar-refractivity contribution < 1.29 is 14.2 Å². The summed E-state index contributed by atoms with van der Waals surface area (Å²) in [4.78, 5) is 51.8. The van der Waals surface area contributed by atoms with Crippen LogP contribution in [0.3, 0.4) is 0 Å². The van der Waals surface area contributed by atoms with Gasteiger partial charge in [-0.1, -0.05) is 19.3 Å². The second kappa shape index (κ2) is 19.9. The maximum Gasteiger partial charge on any atom is 0.280 e. The number of nitrogens with zero attached hydrogens (tertiary/aromatic N) is 6. The van der Waals surface area contributed by atoms with Crippen LogP contribution in [-0.4, -0.2) is 65.6 Å². The first-order chi connectivity index (χ1) is 33.8. The smallest absolute Gasteiger partial charge is 0.280 e. The van der Waals surface area contributed by atoms with E-state index in [1.165, 1.54) is 55.2 Å². The third-order valence-electron chi connectivity index (χ3n) is 13.8. The Morgan fingerprint density at radius 1 is 0.377 bits per heavy atom. The molecule has 0 bridgehead atoms. The number of ether oxygens (including phenoxy) is 3. The number of pyridine rings is 3. The molecule has 9 aromatic rings. The third kappa shape index (κ3) is 8.96. The molecular weight excluding hydrogens is 871 g/mol. The molecule has 0 spiro atoms. The molecule has 0 saturated carbocycles. The Bertz CT molecular complexity index is 3080. The van der Waals surface area contributed by atoms with E-state index in [1.54, 1.807) is 54.0 Å². The Hall–Kier alpha value is -7.68. The van der Waals surface area contributed by atoms with Crippen LogP contribution in [0.4, 0.5) is 0 Å².